The Bertz CT molecular complexity index is 566. The predicted octanol–water partition coefficient (Wildman–Crippen LogP) is 3.69. The van der Waals surface area contributed by atoms with Crippen molar-refractivity contribution in [1.29, 1.82) is 0 Å². The van der Waals surface area contributed by atoms with Gasteiger partial charge in [-0.1, -0.05) is 18.2 Å². The van der Waals surface area contributed by atoms with Gasteiger partial charge in [-0.3, -0.25) is 0 Å². The number of ether oxygens (including phenoxy) is 1. The van der Waals surface area contributed by atoms with Crippen LogP contribution in [0.25, 0.3) is 0 Å². The van der Waals surface area contributed by atoms with E-state index < -0.39 is 0 Å². The third-order valence-electron chi connectivity index (χ3n) is 2.92. The molecule has 3 heteroatoms. The van der Waals surface area contributed by atoms with Gasteiger partial charge in [0.25, 0.3) is 0 Å². The second-order valence-corrected chi connectivity index (χ2v) is 4.28. The number of rotatable bonds is 3. The minimum absolute atomic E-state index is 0.245. The van der Waals surface area contributed by atoms with E-state index >= 15 is 0 Å². The first kappa shape index (κ1) is 12.6. The smallest absolute Gasteiger partial charge is 0.168 e. The fourth-order valence-corrected chi connectivity index (χ4v) is 1.79. The van der Waals surface area contributed by atoms with E-state index in [0.29, 0.717) is 17.9 Å². The van der Waals surface area contributed by atoms with Crippen LogP contribution in [0, 0.1) is 19.7 Å². The maximum atomic E-state index is 13.8. The summed E-state index contributed by atoms with van der Waals surface area (Å²) < 4.78 is 19.3. The Morgan fingerprint density at radius 1 is 1.11 bits per heavy atom. The van der Waals surface area contributed by atoms with E-state index in [1.165, 1.54) is 0 Å². The van der Waals surface area contributed by atoms with Crippen LogP contribution in [0.4, 0.5) is 4.39 Å². The normalized spacial score (nSPS) is 10.4. The summed E-state index contributed by atoms with van der Waals surface area (Å²) in [6.45, 7) is 4.16. The number of nitrogens with two attached hydrogens (primary N) is 1. The van der Waals surface area contributed by atoms with Crippen LogP contribution < -0.4 is 10.5 Å². The van der Waals surface area contributed by atoms with Crippen molar-refractivity contribution in [2.75, 3.05) is 0 Å². The van der Waals surface area contributed by atoms with E-state index in [4.69, 9.17) is 10.5 Å². The van der Waals surface area contributed by atoms with Crippen LogP contribution >= 0.6 is 0 Å². The quantitative estimate of drug-likeness (QED) is 0.895. The molecule has 2 aromatic rings. The van der Waals surface area contributed by atoms with Gasteiger partial charge in [-0.05, 0) is 48.7 Å². The summed E-state index contributed by atoms with van der Waals surface area (Å²) in [7, 11) is 0. The molecule has 0 spiro atoms. The van der Waals surface area contributed by atoms with Gasteiger partial charge in [0.2, 0.25) is 0 Å². The summed E-state index contributed by atoms with van der Waals surface area (Å²) in [6.07, 6.45) is 0. The summed E-state index contributed by atoms with van der Waals surface area (Å²) >= 11 is 0. The summed E-state index contributed by atoms with van der Waals surface area (Å²) in [4.78, 5) is 0. The Kier molecular flexibility index (Phi) is 3.63. The summed E-state index contributed by atoms with van der Waals surface area (Å²) in [5.41, 5.74) is 8.28. The number of halogens is 1. The maximum absolute atomic E-state index is 13.8. The average molecular weight is 245 g/mol. The lowest BCUT2D eigenvalue weighted by Gasteiger charge is -2.10. The number of aryl methyl sites for hydroxylation is 2. The minimum atomic E-state index is -0.321. The highest BCUT2D eigenvalue weighted by Crippen LogP contribution is 2.27. The largest absolute Gasteiger partial charge is 0.454 e. The van der Waals surface area contributed by atoms with Gasteiger partial charge in [0, 0.05) is 6.54 Å². The molecule has 0 amide bonds. The zero-order valence-corrected chi connectivity index (χ0v) is 10.5. The van der Waals surface area contributed by atoms with Crippen molar-refractivity contribution < 1.29 is 9.13 Å². The molecule has 0 aliphatic heterocycles. The van der Waals surface area contributed by atoms with Crippen molar-refractivity contribution in [3.8, 4) is 11.5 Å². The van der Waals surface area contributed by atoms with Crippen molar-refractivity contribution in [2.45, 2.75) is 20.4 Å². The van der Waals surface area contributed by atoms with Gasteiger partial charge in [-0.15, -0.1) is 0 Å². The summed E-state index contributed by atoms with van der Waals surface area (Å²) in [6, 6.07) is 10.7. The standard InChI is InChI=1S/C15H16FNO/c1-10-4-3-5-14(15(10)16)18-13-7-6-12(9-17)11(2)8-13/h3-8H,9,17H2,1-2H3. The van der Waals surface area contributed by atoms with Gasteiger partial charge in [0.1, 0.15) is 5.75 Å². The molecule has 0 aliphatic rings. The zero-order valence-electron chi connectivity index (χ0n) is 10.5. The molecule has 2 aromatic carbocycles. The van der Waals surface area contributed by atoms with Gasteiger partial charge in [0.15, 0.2) is 11.6 Å². The molecule has 0 heterocycles. The van der Waals surface area contributed by atoms with Crippen LogP contribution in [0.2, 0.25) is 0 Å². The van der Waals surface area contributed by atoms with Crippen LogP contribution in [0.5, 0.6) is 11.5 Å². The Hall–Kier alpha value is -1.87. The van der Waals surface area contributed by atoms with Crippen molar-refractivity contribution in [1.82, 2.24) is 0 Å². The lowest BCUT2D eigenvalue weighted by molar-refractivity contribution is 0.439. The molecule has 0 bridgehead atoms. The molecule has 0 aromatic heterocycles. The molecule has 18 heavy (non-hydrogen) atoms. The van der Waals surface area contributed by atoms with E-state index in [2.05, 4.69) is 0 Å². The fraction of sp³-hybridized carbons (Fsp3) is 0.200. The van der Waals surface area contributed by atoms with Crippen LogP contribution in [0.15, 0.2) is 36.4 Å². The van der Waals surface area contributed by atoms with E-state index in [-0.39, 0.29) is 11.6 Å². The third kappa shape index (κ3) is 2.51. The van der Waals surface area contributed by atoms with E-state index in [0.717, 1.165) is 11.1 Å². The molecule has 0 saturated carbocycles. The highest BCUT2D eigenvalue weighted by atomic mass is 19.1. The second kappa shape index (κ2) is 5.19. The van der Waals surface area contributed by atoms with Gasteiger partial charge < -0.3 is 10.5 Å². The van der Waals surface area contributed by atoms with Crippen molar-refractivity contribution in [3.63, 3.8) is 0 Å². The number of benzene rings is 2. The van der Waals surface area contributed by atoms with Crippen LogP contribution in [-0.4, -0.2) is 0 Å². The third-order valence-corrected chi connectivity index (χ3v) is 2.92. The molecule has 0 radical (unpaired) electrons. The molecular formula is C15H16FNO. The second-order valence-electron chi connectivity index (χ2n) is 4.28. The highest BCUT2D eigenvalue weighted by molar-refractivity contribution is 5.39. The van der Waals surface area contributed by atoms with Crippen molar-refractivity contribution in [2.24, 2.45) is 5.73 Å². The highest BCUT2D eigenvalue weighted by Gasteiger charge is 2.07. The van der Waals surface area contributed by atoms with E-state index in [1.807, 2.05) is 19.1 Å². The molecule has 0 fully saturated rings. The molecule has 2 rings (SSSR count). The molecule has 2 N–H and O–H groups in total. The van der Waals surface area contributed by atoms with Crippen molar-refractivity contribution >= 4 is 0 Å². The molecule has 0 atom stereocenters. The Morgan fingerprint density at radius 3 is 2.56 bits per heavy atom. The first-order valence-electron chi connectivity index (χ1n) is 5.84. The molecule has 0 unspecified atom stereocenters. The minimum Gasteiger partial charge on any atom is -0.454 e. The molecular weight excluding hydrogens is 229 g/mol. The first-order chi connectivity index (χ1) is 8.61. The Labute approximate surface area is 106 Å². The van der Waals surface area contributed by atoms with E-state index in [9.17, 15) is 4.39 Å². The van der Waals surface area contributed by atoms with Crippen molar-refractivity contribution in [3.05, 3.63) is 58.9 Å². The summed E-state index contributed by atoms with van der Waals surface area (Å²) in [5, 5.41) is 0. The lowest BCUT2D eigenvalue weighted by Crippen LogP contribution is -1.99. The van der Waals surface area contributed by atoms with Gasteiger partial charge in [0.05, 0.1) is 0 Å². The molecule has 0 aliphatic carbocycles. The first-order valence-corrected chi connectivity index (χ1v) is 5.84. The van der Waals surface area contributed by atoms with Gasteiger partial charge in [-0.25, -0.2) is 4.39 Å². The lowest BCUT2D eigenvalue weighted by atomic mass is 10.1. The molecule has 94 valence electrons. The monoisotopic (exact) mass is 245 g/mol. The Balaban J connectivity index is 2.29. The predicted molar refractivity (Wildman–Crippen MR) is 70.3 cm³/mol. The van der Waals surface area contributed by atoms with Gasteiger partial charge >= 0.3 is 0 Å². The molecule has 0 saturated heterocycles. The van der Waals surface area contributed by atoms with E-state index in [1.54, 1.807) is 31.2 Å². The number of hydrogen-bond donors (Lipinski definition) is 1. The van der Waals surface area contributed by atoms with Crippen LogP contribution in [0.3, 0.4) is 0 Å². The maximum Gasteiger partial charge on any atom is 0.168 e. The molecule has 2 nitrogen and oxygen atoms in total. The average Bonchev–Trinajstić information content (AvgIpc) is 2.35. The number of hydrogen-bond acceptors (Lipinski definition) is 2. The van der Waals surface area contributed by atoms with Crippen LogP contribution in [-0.2, 0) is 6.54 Å². The van der Waals surface area contributed by atoms with Crippen LogP contribution in [0.1, 0.15) is 16.7 Å². The fourth-order valence-electron chi connectivity index (χ4n) is 1.79. The SMILES string of the molecule is Cc1cc(Oc2cccc(C)c2F)ccc1CN. The van der Waals surface area contributed by atoms with Gasteiger partial charge in [-0.2, -0.15) is 0 Å². The topological polar surface area (TPSA) is 35.2 Å². The zero-order chi connectivity index (χ0) is 13.1. The summed E-state index contributed by atoms with van der Waals surface area (Å²) in [5.74, 6) is 0.544. The Morgan fingerprint density at radius 2 is 1.89 bits per heavy atom.